The standard InChI is InChI=1S/C14H24F2N2O3.C12H19F2NO4.C9H16F2N2O.C4H8O2.ClH/c1-7-17-10(19)9-13(5,6)14(15,16)8-18(9)11(20)21-12(2,3)4;1-10(2,3)19-9(18)15-6-12(13,14)11(4,5)7(15)8(16)17;1-4-12-7(14)6-8(2,3)9(10,11)5-13-6;1-3-6-4(2)5;/h9H,7-8H2,1-6H3,(H,17,19);7H,6H2,1-5H3,(H,16,17);6,13H,4-5H2,1-3H3,(H,12,14);3H2,1-2H3;1H. The van der Waals surface area contributed by atoms with E-state index in [4.69, 9.17) is 14.6 Å². The van der Waals surface area contributed by atoms with Gasteiger partial charge in [0.15, 0.2) is 0 Å². The van der Waals surface area contributed by atoms with Crippen molar-refractivity contribution in [2.75, 3.05) is 39.3 Å². The number of hydrogen-bond donors (Lipinski definition) is 4. The molecule has 3 unspecified atom stereocenters. The number of halogens is 7. The maximum Gasteiger partial charge on any atom is 0.411 e. The third kappa shape index (κ3) is 15.2. The first-order chi connectivity index (χ1) is 26.7. The molecule has 0 aromatic heterocycles. The Morgan fingerprint density at radius 3 is 1.30 bits per heavy atom. The van der Waals surface area contributed by atoms with Crippen LogP contribution < -0.4 is 16.0 Å². The van der Waals surface area contributed by atoms with Crippen molar-refractivity contribution in [1.82, 2.24) is 25.8 Å². The highest BCUT2D eigenvalue weighted by molar-refractivity contribution is 5.88. The molecule has 0 bridgehead atoms. The highest BCUT2D eigenvalue weighted by Crippen LogP contribution is 2.49. The molecule has 358 valence electrons. The summed E-state index contributed by atoms with van der Waals surface area (Å²) in [7, 11) is 0. The van der Waals surface area contributed by atoms with E-state index in [-0.39, 0.29) is 24.3 Å². The Balaban J connectivity index is 0. The topological polar surface area (TPSA) is 193 Å². The quantitative estimate of drug-likeness (QED) is 0.129. The summed E-state index contributed by atoms with van der Waals surface area (Å²) in [6.45, 7) is 23.0. The van der Waals surface area contributed by atoms with Crippen molar-refractivity contribution in [2.24, 2.45) is 16.2 Å². The Hall–Kier alpha value is -3.75. The average molecular weight is 916 g/mol. The number of amides is 4. The zero-order chi connectivity index (χ0) is 47.8. The van der Waals surface area contributed by atoms with E-state index < -0.39 is 107 Å². The van der Waals surface area contributed by atoms with Crippen LogP contribution in [0, 0.1) is 16.2 Å². The minimum Gasteiger partial charge on any atom is -0.480 e. The molecular formula is C39H68ClF6N5O10. The van der Waals surface area contributed by atoms with E-state index in [2.05, 4.69) is 20.7 Å². The smallest absolute Gasteiger partial charge is 0.411 e. The number of nitrogens with one attached hydrogen (secondary N) is 3. The van der Waals surface area contributed by atoms with Crippen molar-refractivity contribution >= 4 is 48.3 Å². The van der Waals surface area contributed by atoms with E-state index in [1.54, 1.807) is 62.3 Å². The van der Waals surface area contributed by atoms with E-state index in [9.17, 15) is 55.1 Å². The van der Waals surface area contributed by atoms with Crippen molar-refractivity contribution < 1.29 is 74.4 Å². The summed E-state index contributed by atoms with van der Waals surface area (Å²) in [5.41, 5.74) is -6.53. The van der Waals surface area contributed by atoms with Crippen molar-refractivity contribution in [3.8, 4) is 0 Å². The zero-order valence-electron chi connectivity index (χ0n) is 38.2. The number of rotatable bonds is 6. The normalized spacial score (nSPS) is 23.4. The fraction of sp³-hybridized carbons (Fsp3) is 0.846. The minimum absolute atomic E-state index is 0. The number of likely N-dealkylation sites (tertiary alicyclic amines) is 2. The number of likely N-dealkylation sites (N-methyl/N-ethyl adjacent to an activating group) is 2. The van der Waals surface area contributed by atoms with E-state index in [1.165, 1.54) is 34.6 Å². The first-order valence-corrected chi connectivity index (χ1v) is 19.5. The van der Waals surface area contributed by atoms with Gasteiger partial charge in [0.1, 0.15) is 23.3 Å². The van der Waals surface area contributed by atoms with Gasteiger partial charge in [-0.1, -0.05) is 41.5 Å². The average Bonchev–Trinajstić information content (AvgIpc) is 3.46. The van der Waals surface area contributed by atoms with Crippen LogP contribution in [-0.2, 0) is 33.4 Å². The lowest BCUT2D eigenvalue weighted by molar-refractivity contribution is -0.149. The fourth-order valence-electron chi connectivity index (χ4n) is 6.18. The summed E-state index contributed by atoms with van der Waals surface area (Å²) >= 11 is 0. The third-order valence-corrected chi connectivity index (χ3v) is 9.86. The van der Waals surface area contributed by atoms with Crippen molar-refractivity contribution in [1.29, 1.82) is 0 Å². The summed E-state index contributed by atoms with van der Waals surface area (Å²) in [5.74, 6) is -11.9. The molecule has 0 radical (unpaired) electrons. The number of carbonyl (C=O) groups is 6. The molecule has 15 nitrogen and oxygen atoms in total. The van der Waals surface area contributed by atoms with Crippen LogP contribution in [-0.4, -0.2) is 137 Å². The van der Waals surface area contributed by atoms with Crippen molar-refractivity contribution in [3.05, 3.63) is 0 Å². The lowest BCUT2D eigenvalue weighted by Gasteiger charge is -2.33. The Morgan fingerprint density at radius 2 is 1.02 bits per heavy atom. The Labute approximate surface area is 361 Å². The molecule has 3 fully saturated rings. The Kier molecular flexibility index (Phi) is 21.0. The number of carboxylic acid groups (broad SMARTS) is 1. The first kappa shape index (κ1) is 59.3. The third-order valence-electron chi connectivity index (χ3n) is 9.86. The molecule has 22 heteroatoms. The summed E-state index contributed by atoms with van der Waals surface area (Å²) < 4.78 is 97.3. The molecule has 4 amide bonds. The van der Waals surface area contributed by atoms with Crippen LogP contribution in [0.3, 0.4) is 0 Å². The molecule has 61 heavy (non-hydrogen) atoms. The van der Waals surface area contributed by atoms with Gasteiger partial charge < -0.3 is 30.0 Å². The molecule has 3 rings (SSSR count). The van der Waals surface area contributed by atoms with Gasteiger partial charge in [-0.3, -0.25) is 29.5 Å². The van der Waals surface area contributed by atoms with Gasteiger partial charge >= 0.3 is 24.1 Å². The highest BCUT2D eigenvalue weighted by Gasteiger charge is 2.66. The largest absolute Gasteiger partial charge is 0.480 e. The zero-order valence-corrected chi connectivity index (χ0v) is 39.0. The lowest BCUT2D eigenvalue weighted by atomic mass is 9.81. The van der Waals surface area contributed by atoms with E-state index >= 15 is 0 Å². The van der Waals surface area contributed by atoms with Gasteiger partial charge in [-0.2, -0.15) is 0 Å². The minimum atomic E-state index is -3.28. The molecule has 0 aromatic carbocycles. The monoisotopic (exact) mass is 915 g/mol. The number of carboxylic acids is 1. The van der Waals surface area contributed by atoms with Crippen LogP contribution in [0.25, 0.3) is 0 Å². The molecule has 3 heterocycles. The molecule has 0 aliphatic carbocycles. The SMILES string of the molecule is CC(C)(C)OC(=O)N1CC(F)(F)C(C)(C)C1C(=O)O.CCNC(=O)C1N(C(=O)OC(C)(C)C)CC(F)(F)C1(C)C.CCNC(=O)C1NCC(F)(F)C1(C)C.CCOC(C)=O.Cl. The maximum atomic E-state index is 14.2. The van der Waals surface area contributed by atoms with Crippen molar-refractivity contribution in [2.45, 2.75) is 158 Å². The maximum absolute atomic E-state index is 14.2. The molecule has 0 spiro atoms. The molecule has 3 aliphatic rings. The second-order valence-electron chi connectivity index (χ2n) is 18.2. The second kappa shape index (κ2) is 21.6. The molecular weight excluding hydrogens is 848 g/mol. The van der Waals surface area contributed by atoms with Crippen LogP contribution >= 0.6 is 12.4 Å². The molecule has 4 N–H and O–H groups in total. The van der Waals surface area contributed by atoms with E-state index in [0.29, 0.717) is 24.6 Å². The molecule has 3 saturated heterocycles. The number of hydrogen-bond acceptors (Lipinski definition) is 10. The molecule has 3 atom stereocenters. The van der Waals surface area contributed by atoms with Gasteiger partial charge in [0.25, 0.3) is 17.8 Å². The number of ether oxygens (including phenoxy) is 3. The molecule has 0 aromatic rings. The first-order valence-electron chi connectivity index (χ1n) is 19.5. The summed E-state index contributed by atoms with van der Waals surface area (Å²) in [4.78, 5) is 70.0. The molecule has 3 aliphatic heterocycles. The van der Waals surface area contributed by atoms with Crippen LogP contribution in [0.2, 0.25) is 0 Å². The van der Waals surface area contributed by atoms with E-state index in [0.717, 1.165) is 18.7 Å². The number of nitrogens with zero attached hydrogens (tertiary/aromatic N) is 2. The van der Waals surface area contributed by atoms with Gasteiger partial charge in [0.2, 0.25) is 11.8 Å². The van der Waals surface area contributed by atoms with Gasteiger partial charge in [0.05, 0.1) is 48.5 Å². The Morgan fingerprint density at radius 1 is 0.656 bits per heavy atom. The summed E-state index contributed by atoms with van der Waals surface area (Å²) in [6.07, 6.45) is -1.94. The number of aliphatic carboxylic acids is 1. The number of esters is 1. The van der Waals surface area contributed by atoms with Crippen LogP contribution in [0.4, 0.5) is 35.9 Å². The van der Waals surface area contributed by atoms with Gasteiger partial charge in [-0.05, 0) is 62.3 Å². The number of carbonyl (C=O) groups excluding carboxylic acids is 5. The van der Waals surface area contributed by atoms with Gasteiger partial charge in [-0.15, -0.1) is 12.4 Å². The fourth-order valence-corrected chi connectivity index (χ4v) is 6.18. The number of alkyl halides is 6. The van der Waals surface area contributed by atoms with Crippen LogP contribution in [0.15, 0.2) is 0 Å². The van der Waals surface area contributed by atoms with E-state index in [1.807, 2.05) is 0 Å². The lowest BCUT2D eigenvalue weighted by Crippen LogP contribution is -2.53. The van der Waals surface area contributed by atoms with Gasteiger partial charge in [-0.25, -0.2) is 40.7 Å². The second-order valence-corrected chi connectivity index (χ2v) is 18.2. The summed E-state index contributed by atoms with van der Waals surface area (Å²) in [6, 6.07) is -3.68. The Bertz CT molecular complexity index is 1540. The van der Waals surface area contributed by atoms with Gasteiger partial charge in [0, 0.05) is 20.0 Å². The predicted molar refractivity (Wildman–Crippen MR) is 216 cm³/mol. The van der Waals surface area contributed by atoms with Crippen LogP contribution in [0.5, 0.6) is 0 Å². The predicted octanol–water partition coefficient (Wildman–Crippen LogP) is 6.50. The van der Waals surface area contributed by atoms with Crippen molar-refractivity contribution in [3.63, 3.8) is 0 Å². The van der Waals surface area contributed by atoms with Crippen LogP contribution in [0.1, 0.15) is 111 Å². The highest BCUT2D eigenvalue weighted by atomic mass is 35.5. The summed E-state index contributed by atoms with van der Waals surface area (Å²) in [5, 5.41) is 16.7. The molecule has 0 saturated carbocycles.